The van der Waals surface area contributed by atoms with Gasteiger partial charge in [-0.25, -0.2) is 4.98 Å². The lowest BCUT2D eigenvalue weighted by atomic mass is 10.0. The van der Waals surface area contributed by atoms with Crippen LogP contribution in [-0.4, -0.2) is 10.5 Å². The Hall–Kier alpha value is -0.960. The number of hydrogen-bond acceptors (Lipinski definition) is 3. The molecule has 0 amide bonds. The monoisotopic (exact) mass is 213 g/mol. The van der Waals surface area contributed by atoms with Crippen LogP contribution in [0.5, 0.6) is 0 Å². The number of nitrogen functional groups attached to an aromatic ring is 1. The van der Waals surface area contributed by atoms with Crippen molar-refractivity contribution >= 4 is 23.1 Å². The molecule has 1 aromatic rings. The van der Waals surface area contributed by atoms with Crippen LogP contribution in [0.15, 0.2) is 12.1 Å². The van der Waals surface area contributed by atoms with Gasteiger partial charge in [-0.05, 0) is 26.3 Å². The van der Waals surface area contributed by atoms with Gasteiger partial charge in [-0.1, -0.05) is 18.5 Å². The molecule has 0 aliphatic carbocycles. The number of hydrogen-bond donors (Lipinski definition) is 2. The molecule has 1 heterocycles. The van der Waals surface area contributed by atoms with Crippen LogP contribution in [0.3, 0.4) is 0 Å². The van der Waals surface area contributed by atoms with Crippen molar-refractivity contribution in [3.8, 4) is 0 Å². The summed E-state index contributed by atoms with van der Waals surface area (Å²) in [5, 5.41) is 3.69. The molecule has 14 heavy (non-hydrogen) atoms. The summed E-state index contributed by atoms with van der Waals surface area (Å²) < 4.78 is 0. The number of rotatable bonds is 3. The Morgan fingerprint density at radius 2 is 2.14 bits per heavy atom. The van der Waals surface area contributed by atoms with Gasteiger partial charge in [0.25, 0.3) is 0 Å². The van der Waals surface area contributed by atoms with E-state index in [0.29, 0.717) is 10.8 Å². The molecule has 0 aliphatic heterocycles. The Labute approximate surface area is 89.7 Å². The average Bonchev–Trinajstić information content (AvgIpc) is 2.01. The van der Waals surface area contributed by atoms with Gasteiger partial charge in [-0.2, -0.15) is 0 Å². The first-order valence-corrected chi connectivity index (χ1v) is 5.02. The quantitative estimate of drug-likeness (QED) is 0.760. The standard InChI is InChI=1S/C10H16ClN3/c1-4-10(2,3)14-9-6-7(12)5-8(11)13-9/h5-6H,4H2,1-3H3,(H3,12,13,14). The summed E-state index contributed by atoms with van der Waals surface area (Å²) in [6.45, 7) is 6.32. The van der Waals surface area contributed by atoms with Crippen molar-refractivity contribution in [2.45, 2.75) is 32.7 Å². The fourth-order valence-corrected chi connectivity index (χ4v) is 1.23. The van der Waals surface area contributed by atoms with Gasteiger partial charge in [0.05, 0.1) is 0 Å². The number of halogens is 1. The molecule has 78 valence electrons. The maximum atomic E-state index is 5.79. The van der Waals surface area contributed by atoms with Crippen molar-refractivity contribution < 1.29 is 0 Å². The zero-order valence-corrected chi connectivity index (χ0v) is 9.52. The van der Waals surface area contributed by atoms with E-state index in [2.05, 4.69) is 31.1 Å². The van der Waals surface area contributed by atoms with Gasteiger partial charge in [0, 0.05) is 17.3 Å². The second kappa shape index (κ2) is 4.05. The van der Waals surface area contributed by atoms with E-state index in [0.717, 1.165) is 12.2 Å². The highest BCUT2D eigenvalue weighted by molar-refractivity contribution is 6.29. The van der Waals surface area contributed by atoms with Crippen LogP contribution in [0.25, 0.3) is 0 Å². The molecule has 0 fully saturated rings. The Balaban J connectivity index is 2.87. The first-order chi connectivity index (χ1) is 6.43. The summed E-state index contributed by atoms with van der Waals surface area (Å²) in [7, 11) is 0. The van der Waals surface area contributed by atoms with Crippen LogP contribution in [0, 0.1) is 0 Å². The van der Waals surface area contributed by atoms with Crippen LogP contribution in [0.2, 0.25) is 5.15 Å². The van der Waals surface area contributed by atoms with Crippen molar-refractivity contribution in [1.29, 1.82) is 0 Å². The smallest absolute Gasteiger partial charge is 0.133 e. The Morgan fingerprint density at radius 3 is 2.64 bits per heavy atom. The van der Waals surface area contributed by atoms with E-state index in [-0.39, 0.29) is 5.54 Å². The average molecular weight is 214 g/mol. The minimum atomic E-state index is 0.00409. The second-order valence-corrected chi connectivity index (χ2v) is 4.36. The van der Waals surface area contributed by atoms with E-state index < -0.39 is 0 Å². The highest BCUT2D eigenvalue weighted by atomic mass is 35.5. The van der Waals surface area contributed by atoms with Crippen molar-refractivity contribution in [1.82, 2.24) is 4.98 Å². The van der Waals surface area contributed by atoms with Gasteiger partial charge < -0.3 is 11.1 Å². The molecule has 3 N–H and O–H groups in total. The maximum absolute atomic E-state index is 5.79. The number of nitrogens with zero attached hydrogens (tertiary/aromatic N) is 1. The van der Waals surface area contributed by atoms with Gasteiger partial charge in [0.2, 0.25) is 0 Å². The predicted molar refractivity (Wildman–Crippen MR) is 61.7 cm³/mol. The number of pyridine rings is 1. The van der Waals surface area contributed by atoms with Gasteiger partial charge in [-0.3, -0.25) is 0 Å². The third-order valence-corrected chi connectivity index (χ3v) is 2.36. The fourth-order valence-electron chi connectivity index (χ4n) is 1.02. The largest absolute Gasteiger partial charge is 0.399 e. The molecular weight excluding hydrogens is 198 g/mol. The third-order valence-electron chi connectivity index (χ3n) is 2.17. The van der Waals surface area contributed by atoms with Crippen LogP contribution < -0.4 is 11.1 Å². The Bertz CT molecular complexity index is 303. The van der Waals surface area contributed by atoms with E-state index in [1.807, 2.05) is 0 Å². The number of nitrogens with two attached hydrogens (primary N) is 1. The lowest BCUT2D eigenvalue weighted by molar-refractivity contribution is 0.545. The van der Waals surface area contributed by atoms with Crippen LogP contribution in [0.1, 0.15) is 27.2 Å². The fraction of sp³-hybridized carbons (Fsp3) is 0.500. The minimum Gasteiger partial charge on any atom is -0.399 e. The minimum absolute atomic E-state index is 0.00409. The molecule has 0 saturated heterocycles. The van der Waals surface area contributed by atoms with Gasteiger partial charge in [-0.15, -0.1) is 0 Å². The van der Waals surface area contributed by atoms with E-state index in [4.69, 9.17) is 17.3 Å². The molecule has 0 aliphatic rings. The summed E-state index contributed by atoms with van der Waals surface area (Å²) in [6.07, 6.45) is 1.00. The van der Waals surface area contributed by atoms with E-state index in [1.165, 1.54) is 0 Å². The number of aromatic nitrogens is 1. The number of anilines is 2. The summed E-state index contributed by atoms with van der Waals surface area (Å²) in [5.74, 6) is 0.724. The predicted octanol–water partition coefficient (Wildman–Crippen LogP) is 2.92. The third kappa shape index (κ3) is 3.07. The maximum Gasteiger partial charge on any atom is 0.133 e. The lowest BCUT2D eigenvalue weighted by Crippen LogP contribution is -2.30. The van der Waals surface area contributed by atoms with Crippen LogP contribution in [-0.2, 0) is 0 Å². The lowest BCUT2D eigenvalue weighted by Gasteiger charge is -2.25. The van der Waals surface area contributed by atoms with Crippen LogP contribution >= 0.6 is 11.6 Å². The SMILES string of the molecule is CCC(C)(C)Nc1cc(N)cc(Cl)n1. The zero-order chi connectivity index (χ0) is 10.8. The Kier molecular flexibility index (Phi) is 3.21. The topological polar surface area (TPSA) is 50.9 Å². The summed E-state index contributed by atoms with van der Waals surface area (Å²) in [5.41, 5.74) is 6.28. The molecule has 0 aromatic carbocycles. The van der Waals surface area contributed by atoms with Crippen LogP contribution in [0.4, 0.5) is 11.5 Å². The molecule has 0 radical (unpaired) electrons. The molecule has 1 rings (SSSR count). The van der Waals surface area contributed by atoms with Crippen molar-refractivity contribution in [3.05, 3.63) is 17.3 Å². The van der Waals surface area contributed by atoms with Crippen molar-refractivity contribution in [2.24, 2.45) is 0 Å². The molecule has 3 nitrogen and oxygen atoms in total. The highest BCUT2D eigenvalue weighted by Crippen LogP contribution is 2.20. The molecule has 0 spiro atoms. The summed E-state index contributed by atoms with van der Waals surface area (Å²) in [6, 6.07) is 3.41. The van der Waals surface area contributed by atoms with E-state index in [9.17, 15) is 0 Å². The molecule has 0 unspecified atom stereocenters. The zero-order valence-electron chi connectivity index (χ0n) is 8.76. The molecule has 0 atom stereocenters. The van der Waals surface area contributed by atoms with E-state index in [1.54, 1.807) is 12.1 Å². The summed E-state index contributed by atoms with van der Waals surface area (Å²) in [4.78, 5) is 4.14. The number of nitrogens with one attached hydrogen (secondary N) is 1. The molecular formula is C10H16ClN3. The van der Waals surface area contributed by atoms with Crippen molar-refractivity contribution in [2.75, 3.05) is 11.1 Å². The van der Waals surface area contributed by atoms with Gasteiger partial charge in [0.15, 0.2) is 0 Å². The Morgan fingerprint density at radius 1 is 1.50 bits per heavy atom. The second-order valence-electron chi connectivity index (χ2n) is 3.97. The molecule has 0 saturated carbocycles. The van der Waals surface area contributed by atoms with Crippen molar-refractivity contribution in [3.63, 3.8) is 0 Å². The molecule has 0 bridgehead atoms. The normalized spacial score (nSPS) is 11.4. The molecule has 1 aromatic heterocycles. The molecule has 4 heteroatoms. The van der Waals surface area contributed by atoms with Gasteiger partial charge in [0.1, 0.15) is 11.0 Å². The summed E-state index contributed by atoms with van der Waals surface area (Å²) >= 11 is 5.79. The first kappa shape index (κ1) is 11.1. The van der Waals surface area contributed by atoms with E-state index >= 15 is 0 Å². The first-order valence-electron chi connectivity index (χ1n) is 4.64. The highest BCUT2D eigenvalue weighted by Gasteiger charge is 2.15. The van der Waals surface area contributed by atoms with Gasteiger partial charge >= 0.3 is 0 Å².